The van der Waals surface area contributed by atoms with Crippen LogP contribution in [0, 0.1) is 13.8 Å². The lowest BCUT2D eigenvalue weighted by Gasteiger charge is -2.28. The Labute approximate surface area is 202 Å². The number of rotatable bonds is 4. The number of para-hydroxylation sites is 1. The lowest BCUT2D eigenvalue weighted by molar-refractivity contribution is 0.00396. The van der Waals surface area contributed by atoms with E-state index < -0.39 is 0 Å². The number of benzene rings is 1. The van der Waals surface area contributed by atoms with Crippen LogP contribution < -0.4 is 9.47 Å². The summed E-state index contributed by atoms with van der Waals surface area (Å²) < 4.78 is 19.7. The van der Waals surface area contributed by atoms with Crippen molar-refractivity contribution in [3.8, 4) is 22.8 Å². The van der Waals surface area contributed by atoms with Crippen molar-refractivity contribution in [1.29, 1.82) is 0 Å². The summed E-state index contributed by atoms with van der Waals surface area (Å²) in [4.78, 5) is 19.6. The van der Waals surface area contributed by atoms with Gasteiger partial charge in [-0.25, -0.2) is 19.9 Å². The summed E-state index contributed by atoms with van der Waals surface area (Å²) in [6, 6.07) is 6.41. The molecule has 178 valence electrons. The second-order valence-electron chi connectivity index (χ2n) is 9.60. The Hall–Kier alpha value is -3.59. The lowest BCUT2D eigenvalue weighted by atomic mass is 9.92. The molecule has 3 aromatic heterocycles. The average molecular weight is 471 g/mol. The summed E-state index contributed by atoms with van der Waals surface area (Å²) in [6.07, 6.45) is 8.13. The van der Waals surface area contributed by atoms with E-state index in [0.717, 1.165) is 46.9 Å². The molecule has 35 heavy (non-hydrogen) atoms. The lowest BCUT2D eigenvalue weighted by Crippen LogP contribution is -2.20. The second kappa shape index (κ2) is 7.98. The SMILES string of the molecule is Cc1nc2nc([C@@H]3CCO[C@H](c4cnn(C5CC5)c4)C3)nc(-c3cccc4c3OCO4)c2nc1C. The van der Waals surface area contributed by atoms with Crippen LogP contribution in [0.3, 0.4) is 0 Å². The molecule has 2 atom stereocenters. The summed E-state index contributed by atoms with van der Waals surface area (Å²) in [6.45, 7) is 4.76. The first-order valence-electron chi connectivity index (χ1n) is 12.2. The maximum atomic E-state index is 6.15. The van der Waals surface area contributed by atoms with Crippen molar-refractivity contribution < 1.29 is 14.2 Å². The van der Waals surface area contributed by atoms with Crippen molar-refractivity contribution in [3.63, 3.8) is 0 Å². The highest BCUT2D eigenvalue weighted by atomic mass is 16.7. The normalized spacial score (nSPS) is 21.5. The molecule has 5 heterocycles. The van der Waals surface area contributed by atoms with Crippen LogP contribution in [0.5, 0.6) is 11.5 Å². The van der Waals surface area contributed by atoms with Crippen LogP contribution in [0.4, 0.5) is 0 Å². The third kappa shape index (κ3) is 3.61. The molecule has 0 amide bonds. The Morgan fingerprint density at radius 2 is 1.86 bits per heavy atom. The maximum absolute atomic E-state index is 6.15. The van der Waals surface area contributed by atoms with Gasteiger partial charge in [-0.1, -0.05) is 6.07 Å². The molecule has 0 radical (unpaired) electrons. The van der Waals surface area contributed by atoms with Gasteiger partial charge in [0.2, 0.25) is 6.79 Å². The maximum Gasteiger partial charge on any atom is 0.231 e. The van der Waals surface area contributed by atoms with Gasteiger partial charge in [0.15, 0.2) is 17.1 Å². The van der Waals surface area contributed by atoms with E-state index in [1.807, 2.05) is 38.2 Å². The molecular formula is C26H26N6O3. The van der Waals surface area contributed by atoms with Crippen LogP contribution in [0.25, 0.3) is 22.4 Å². The molecule has 1 aliphatic carbocycles. The zero-order chi connectivity index (χ0) is 23.5. The van der Waals surface area contributed by atoms with Crippen LogP contribution in [-0.2, 0) is 4.74 Å². The molecule has 3 aliphatic rings. The quantitative estimate of drug-likeness (QED) is 0.427. The van der Waals surface area contributed by atoms with Crippen molar-refractivity contribution >= 4 is 11.2 Å². The molecular weight excluding hydrogens is 444 g/mol. The predicted molar refractivity (Wildman–Crippen MR) is 127 cm³/mol. The van der Waals surface area contributed by atoms with Crippen LogP contribution >= 0.6 is 0 Å². The molecule has 2 fully saturated rings. The zero-order valence-corrected chi connectivity index (χ0v) is 19.8. The number of ether oxygens (including phenoxy) is 3. The number of aryl methyl sites for hydroxylation is 2. The molecule has 0 unspecified atom stereocenters. The first-order valence-corrected chi connectivity index (χ1v) is 12.2. The van der Waals surface area contributed by atoms with Gasteiger partial charge in [0.1, 0.15) is 17.0 Å². The molecule has 9 heteroatoms. The summed E-state index contributed by atoms with van der Waals surface area (Å²) >= 11 is 0. The van der Waals surface area contributed by atoms with Crippen LogP contribution in [0.1, 0.15) is 66.5 Å². The molecule has 0 N–H and O–H groups in total. The number of aromatic nitrogens is 6. The van der Waals surface area contributed by atoms with E-state index in [2.05, 4.69) is 16.0 Å². The number of hydrogen-bond acceptors (Lipinski definition) is 8. The smallest absolute Gasteiger partial charge is 0.231 e. The Morgan fingerprint density at radius 3 is 2.74 bits per heavy atom. The monoisotopic (exact) mass is 470 g/mol. The predicted octanol–water partition coefficient (Wildman–Crippen LogP) is 4.60. The summed E-state index contributed by atoms with van der Waals surface area (Å²) in [5.74, 6) is 2.31. The Bertz CT molecular complexity index is 1450. The third-order valence-corrected chi connectivity index (χ3v) is 7.17. The fraction of sp³-hybridized carbons (Fsp3) is 0.423. The standard InChI is InChI=1S/C26H26N6O3/c1-14-15(2)29-26-23(28-14)22(19-4-3-5-20-24(19)35-13-34-20)30-25(31-26)16-8-9-33-21(10-16)17-11-27-32(12-17)18-6-7-18/h3-5,11-12,16,18,21H,6-10,13H2,1-2H3/t16-,21+/m1/s1. The largest absolute Gasteiger partial charge is 0.454 e. The van der Waals surface area contributed by atoms with E-state index in [9.17, 15) is 0 Å². The van der Waals surface area contributed by atoms with Crippen molar-refractivity contribution in [2.24, 2.45) is 0 Å². The number of fused-ring (bicyclic) bond motifs is 2. The molecule has 1 saturated heterocycles. The van der Waals surface area contributed by atoms with E-state index in [1.165, 1.54) is 12.8 Å². The van der Waals surface area contributed by atoms with Crippen LogP contribution in [0.2, 0.25) is 0 Å². The Morgan fingerprint density at radius 1 is 0.971 bits per heavy atom. The Kier molecular flexibility index (Phi) is 4.73. The molecule has 9 nitrogen and oxygen atoms in total. The summed E-state index contributed by atoms with van der Waals surface area (Å²) in [5.41, 5.74) is 5.71. The van der Waals surface area contributed by atoms with Crippen molar-refractivity contribution in [2.75, 3.05) is 13.4 Å². The molecule has 2 aliphatic heterocycles. The molecule has 4 aromatic rings. The van der Waals surface area contributed by atoms with E-state index in [4.69, 9.17) is 34.1 Å². The molecule has 7 rings (SSSR count). The zero-order valence-electron chi connectivity index (χ0n) is 19.8. The number of hydrogen-bond donors (Lipinski definition) is 0. The highest BCUT2D eigenvalue weighted by Crippen LogP contribution is 2.43. The van der Waals surface area contributed by atoms with Crippen molar-refractivity contribution in [3.05, 3.63) is 53.4 Å². The minimum atomic E-state index is -0.0208. The van der Waals surface area contributed by atoms with Gasteiger partial charge >= 0.3 is 0 Å². The minimum absolute atomic E-state index is 0.0208. The van der Waals surface area contributed by atoms with E-state index in [1.54, 1.807) is 0 Å². The Balaban J connectivity index is 1.31. The molecule has 1 aromatic carbocycles. The second-order valence-corrected chi connectivity index (χ2v) is 9.60. The summed E-state index contributed by atoms with van der Waals surface area (Å²) in [7, 11) is 0. The van der Waals surface area contributed by atoms with Gasteiger partial charge in [0.25, 0.3) is 0 Å². The highest BCUT2D eigenvalue weighted by molar-refractivity contribution is 5.90. The average Bonchev–Trinajstić information content (AvgIpc) is 3.40. The summed E-state index contributed by atoms with van der Waals surface area (Å²) in [5, 5.41) is 4.56. The van der Waals surface area contributed by atoms with E-state index in [0.29, 0.717) is 35.3 Å². The fourth-order valence-electron chi connectivity index (χ4n) is 4.94. The van der Waals surface area contributed by atoms with Crippen LogP contribution in [0.15, 0.2) is 30.6 Å². The van der Waals surface area contributed by atoms with Gasteiger partial charge in [-0.3, -0.25) is 4.68 Å². The first-order chi connectivity index (χ1) is 17.1. The molecule has 1 saturated carbocycles. The van der Waals surface area contributed by atoms with Gasteiger partial charge in [0.05, 0.1) is 29.7 Å². The van der Waals surface area contributed by atoms with Gasteiger partial charge in [-0.2, -0.15) is 5.10 Å². The van der Waals surface area contributed by atoms with Gasteiger partial charge in [-0.05, 0) is 51.7 Å². The van der Waals surface area contributed by atoms with E-state index >= 15 is 0 Å². The van der Waals surface area contributed by atoms with E-state index in [-0.39, 0.29) is 18.8 Å². The van der Waals surface area contributed by atoms with Gasteiger partial charge in [0, 0.05) is 29.8 Å². The third-order valence-electron chi connectivity index (χ3n) is 7.17. The molecule has 0 spiro atoms. The van der Waals surface area contributed by atoms with Crippen molar-refractivity contribution in [2.45, 2.75) is 57.6 Å². The molecule has 0 bridgehead atoms. The van der Waals surface area contributed by atoms with Gasteiger partial charge < -0.3 is 14.2 Å². The van der Waals surface area contributed by atoms with Crippen LogP contribution in [-0.4, -0.2) is 43.1 Å². The topological polar surface area (TPSA) is 97.1 Å². The highest BCUT2D eigenvalue weighted by Gasteiger charge is 2.31. The first kappa shape index (κ1) is 20.8. The van der Waals surface area contributed by atoms with Gasteiger partial charge in [-0.15, -0.1) is 0 Å². The fourth-order valence-corrected chi connectivity index (χ4v) is 4.94. The number of nitrogens with zero attached hydrogens (tertiary/aromatic N) is 6. The van der Waals surface area contributed by atoms with Crippen molar-refractivity contribution in [1.82, 2.24) is 29.7 Å². The minimum Gasteiger partial charge on any atom is -0.454 e.